The standard InChI is InChI=1S/C19H16ClN3O2S/c1-3-18(24)21-13-6-4-5-12(9-13)16-11-26-19(23-16)22-14-7-8-17(25-2)15(20)10-14/h3-11H,1H2,2H3,(H,21,24)(H,22,23). The number of halogens is 1. The van der Waals surface area contributed by atoms with Crippen molar-refractivity contribution in [2.24, 2.45) is 0 Å². The second kappa shape index (κ2) is 8.03. The highest BCUT2D eigenvalue weighted by atomic mass is 35.5. The molecule has 132 valence electrons. The van der Waals surface area contributed by atoms with Crippen LogP contribution in [-0.2, 0) is 4.79 Å². The van der Waals surface area contributed by atoms with Gasteiger partial charge < -0.3 is 15.4 Å². The minimum Gasteiger partial charge on any atom is -0.495 e. The van der Waals surface area contributed by atoms with Gasteiger partial charge in [0.25, 0.3) is 0 Å². The Morgan fingerprint density at radius 3 is 2.85 bits per heavy atom. The Morgan fingerprint density at radius 2 is 2.12 bits per heavy atom. The molecule has 1 heterocycles. The number of thiazole rings is 1. The second-order valence-electron chi connectivity index (χ2n) is 5.29. The Hall–Kier alpha value is -2.83. The first-order valence-electron chi connectivity index (χ1n) is 7.69. The molecule has 0 aliphatic carbocycles. The first kappa shape index (κ1) is 18.0. The summed E-state index contributed by atoms with van der Waals surface area (Å²) in [7, 11) is 1.58. The lowest BCUT2D eigenvalue weighted by atomic mass is 10.1. The van der Waals surface area contributed by atoms with Crippen LogP contribution in [0.4, 0.5) is 16.5 Å². The van der Waals surface area contributed by atoms with Crippen molar-refractivity contribution >= 4 is 45.4 Å². The number of ether oxygens (including phenoxy) is 1. The number of anilines is 3. The largest absolute Gasteiger partial charge is 0.495 e. The number of benzene rings is 2. The van der Waals surface area contributed by atoms with Gasteiger partial charge in [0.05, 0.1) is 17.8 Å². The second-order valence-corrected chi connectivity index (χ2v) is 6.55. The number of carbonyl (C=O) groups excluding carboxylic acids is 1. The van der Waals surface area contributed by atoms with E-state index in [0.29, 0.717) is 16.5 Å². The number of aromatic nitrogens is 1. The Labute approximate surface area is 160 Å². The third-order valence-electron chi connectivity index (χ3n) is 3.52. The van der Waals surface area contributed by atoms with Crippen molar-refractivity contribution < 1.29 is 9.53 Å². The number of methoxy groups -OCH3 is 1. The summed E-state index contributed by atoms with van der Waals surface area (Å²) in [5.74, 6) is 0.370. The summed E-state index contributed by atoms with van der Waals surface area (Å²) in [6.07, 6.45) is 1.23. The van der Waals surface area contributed by atoms with Crippen LogP contribution >= 0.6 is 22.9 Å². The van der Waals surface area contributed by atoms with Crippen LogP contribution in [0, 0.1) is 0 Å². The van der Waals surface area contributed by atoms with Gasteiger partial charge >= 0.3 is 0 Å². The number of amides is 1. The number of carbonyl (C=O) groups is 1. The molecule has 2 N–H and O–H groups in total. The Kier molecular flexibility index (Phi) is 5.55. The van der Waals surface area contributed by atoms with Crippen LogP contribution in [0.25, 0.3) is 11.3 Å². The van der Waals surface area contributed by atoms with Crippen LogP contribution in [0.3, 0.4) is 0 Å². The molecule has 0 aliphatic heterocycles. The zero-order valence-corrected chi connectivity index (χ0v) is 15.5. The fraction of sp³-hybridized carbons (Fsp3) is 0.0526. The van der Waals surface area contributed by atoms with E-state index in [1.165, 1.54) is 17.4 Å². The summed E-state index contributed by atoms with van der Waals surface area (Å²) in [5, 5.41) is 9.18. The molecule has 7 heteroatoms. The molecule has 0 spiro atoms. The van der Waals surface area contributed by atoms with Crippen LogP contribution in [0.5, 0.6) is 5.75 Å². The van der Waals surface area contributed by atoms with Gasteiger partial charge in [-0.05, 0) is 36.4 Å². The normalized spacial score (nSPS) is 10.2. The summed E-state index contributed by atoms with van der Waals surface area (Å²) in [4.78, 5) is 16.0. The highest BCUT2D eigenvalue weighted by Gasteiger charge is 2.08. The molecule has 0 aliphatic rings. The lowest BCUT2D eigenvalue weighted by Crippen LogP contribution is -2.06. The number of nitrogens with zero attached hydrogens (tertiary/aromatic N) is 1. The maximum atomic E-state index is 11.4. The summed E-state index contributed by atoms with van der Waals surface area (Å²) in [5.41, 5.74) is 3.23. The van der Waals surface area contributed by atoms with Gasteiger partial charge in [0.1, 0.15) is 5.75 Å². The van der Waals surface area contributed by atoms with E-state index in [1.54, 1.807) is 19.2 Å². The van der Waals surface area contributed by atoms with Crippen molar-refractivity contribution in [1.29, 1.82) is 0 Å². The van der Waals surface area contributed by atoms with Crippen molar-refractivity contribution in [3.63, 3.8) is 0 Å². The van der Waals surface area contributed by atoms with Crippen LogP contribution in [0.2, 0.25) is 5.02 Å². The van der Waals surface area contributed by atoms with E-state index in [2.05, 4.69) is 22.2 Å². The van der Waals surface area contributed by atoms with E-state index in [-0.39, 0.29) is 5.91 Å². The Morgan fingerprint density at radius 1 is 1.27 bits per heavy atom. The first-order valence-corrected chi connectivity index (χ1v) is 8.95. The first-order chi connectivity index (χ1) is 12.6. The zero-order chi connectivity index (χ0) is 18.5. The zero-order valence-electron chi connectivity index (χ0n) is 14.0. The summed E-state index contributed by atoms with van der Waals surface area (Å²) in [6.45, 7) is 3.45. The predicted octanol–water partition coefficient (Wildman–Crippen LogP) is 5.34. The molecular weight excluding hydrogens is 370 g/mol. The quantitative estimate of drug-likeness (QED) is 0.562. The molecule has 1 amide bonds. The molecule has 0 saturated carbocycles. The van der Waals surface area contributed by atoms with Crippen LogP contribution in [0.15, 0.2) is 60.5 Å². The molecule has 2 aromatic carbocycles. The fourth-order valence-corrected chi connectivity index (χ4v) is 3.28. The van der Waals surface area contributed by atoms with Crippen molar-refractivity contribution in [1.82, 2.24) is 4.98 Å². The minimum absolute atomic E-state index is 0.251. The third-order valence-corrected chi connectivity index (χ3v) is 4.57. The highest BCUT2D eigenvalue weighted by molar-refractivity contribution is 7.14. The molecule has 0 saturated heterocycles. The van der Waals surface area contributed by atoms with Crippen LogP contribution in [0.1, 0.15) is 0 Å². The molecule has 0 radical (unpaired) electrons. The van der Waals surface area contributed by atoms with Gasteiger partial charge in [-0.15, -0.1) is 11.3 Å². The monoisotopic (exact) mass is 385 g/mol. The Bertz CT molecular complexity index is 955. The van der Waals surface area contributed by atoms with Crippen LogP contribution in [-0.4, -0.2) is 18.0 Å². The molecular formula is C19H16ClN3O2S. The van der Waals surface area contributed by atoms with Crippen molar-refractivity contribution in [3.8, 4) is 17.0 Å². The lowest BCUT2D eigenvalue weighted by molar-refractivity contribution is -0.111. The number of nitrogens with one attached hydrogen (secondary N) is 2. The molecule has 0 atom stereocenters. The van der Waals surface area contributed by atoms with E-state index in [0.717, 1.165) is 22.1 Å². The van der Waals surface area contributed by atoms with E-state index in [9.17, 15) is 4.79 Å². The molecule has 26 heavy (non-hydrogen) atoms. The molecule has 0 fully saturated rings. The van der Waals surface area contributed by atoms with Gasteiger partial charge in [0, 0.05) is 22.3 Å². The fourth-order valence-electron chi connectivity index (χ4n) is 2.28. The molecule has 1 aromatic heterocycles. The molecule has 0 bridgehead atoms. The van der Waals surface area contributed by atoms with Crippen LogP contribution < -0.4 is 15.4 Å². The molecule has 5 nitrogen and oxygen atoms in total. The average Bonchev–Trinajstić information content (AvgIpc) is 3.10. The highest BCUT2D eigenvalue weighted by Crippen LogP contribution is 2.31. The van der Waals surface area contributed by atoms with Gasteiger partial charge in [-0.1, -0.05) is 30.3 Å². The maximum Gasteiger partial charge on any atom is 0.247 e. The SMILES string of the molecule is C=CC(=O)Nc1cccc(-c2csc(Nc3ccc(OC)c(Cl)c3)n2)c1. The van der Waals surface area contributed by atoms with E-state index >= 15 is 0 Å². The van der Waals surface area contributed by atoms with Crippen molar-refractivity contribution in [2.75, 3.05) is 17.7 Å². The van der Waals surface area contributed by atoms with E-state index in [4.69, 9.17) is 16.3 Å². The topological polar surface area (TPSA) is 63.2 Å². The lowest BCUT2D eigenvalue weighted by Gasteiger charge is -2.06. The average molecular weight is 386 g/mol. The number of hydrogen-bond donors (Lipinski definition) is 2. The molecule has 3 rings (SSSR count). The van der Waals surface area contributed by atoms with Gasteiger partial charge in [-0.3, -0.25) is 4.79 Å². The maximum absolute atomic E-state index is 11.4. The van der Waals surface area contributed by atoms with Crippen molar-refractivity contribution in [3.05, 3.63) is 65.5 Å². The predicted molar refractivity (Wildman–Crippen MR) is 108 cm³/mol. The minimum atomic E-state index is -0.251. The molecule has 3 aromatic rings. The smallest absolute Gasteiger partial charge is 0.247 e. The molecule has 0 unspecified atom stereocenters. The summed E-state index contributed by atoms with van der Waals surface area (Å²) in [6, 6.07) is 12.9. The summed E-state index contributed by atoms with van der Waals surface area (Å²) >= 11 is 7.62. The summed E-state index contributed by atoms with van der Waals surface area (Å²) < 4.78 is 5.15. The van der Waals surface area contributed by atoms with Gasteiger partial charge in [0.2, 0.25) is 5.91 Å². The van der Waals surface area contributed by atoms with Gasteiger partial charge in [-0.25, -0.2) is 4.98 Å². The van der Waals surface area contributed by atoms with Gasteiger partial charge in [0.15, 0.2) is 5.13 Å². The van der Waals surface area contributed by atoms with E-state index in [1.807, 2.05) is 35.7 Å². The number of rotatable bonds is 6. The third kappa shape index (κ3) is 4.22. The van der Waals surface area contributed by atoms with E-state index < -0.39 is 0 Å². The van der Waals surface area contributed by atoms with Crippen molar-refractivity contribution in [2.45, 2.75) is 0 Å². The Balaban J connectivity index is 1.77. The van der Waals surface area contributed by atoms with Gasteiger partial charge in [-0.2, -0.15) is 0 Å². The number of hydrogen-bond acceptors (Lipinski definition) is 5.